The van der Waals surface area contributed by atoms with Gasteiger partial charge in [-0.1, -0.05) is 36.4 Å². The molecule has 1 heterocycles. The van der Waals surface area contributed by atoms with Gasteiger partial charge in [-0.25, -0.2) is 9.18 Å². The zero-order valence-electron chi connectivity index (χ0n) is 14.0. The maximum absolute atomic E-state index is 14.3. The summed E-state index contributed by atoms with van der Waals surface area (Å²) in [4.78, 5) is 23.6. The predicted molar refractivity (Wildman–Crippen MR) is 97.2 cm³/mol. The summed E-state index contributed by atoms with van der Waals surface area (Å²) in [5.74, 6) is -1.24. The van der Waals surface area contributed by atoms with Gasteiger partial charge >= 0.3 is 5.97 Å². The lowest BCUT2D eigenvalue weighted by Gasteiger charge is -2.11. The SMILES string of the molecule is COc1ccccc1/C=C/Cn1cc(C(=O)O)c(=O)c2cccc(F)c21. The molecule has 0 radical (unpaired) electrons. The van der Waals surface area contributed by atoms with Crippen LogP contribution in [0.4, 0.5) is 4.39 Å². The number of carboxylic acids is 1. The molecule has 0 unspecified atom stereocenters. The van der Waals surface area contributed by atoms with Gasteiger partial charge in [0.2, 0.25) is 5.43 Å². The maximum atomic E-state index is 14.3. The van der Waals surface area contributed by atoms with Gasteiger partial charge in [-0.2, -0.15) is 0 Å². The van der Waals surface area contributed by atoms with E-state index >= 15 is 0 Å². The van der Waals surface area contributed by atoms with E-state index in [9.17, 15) is 19.1 Å². The normalized spacial score (nSPS) is 11.2. The number of carbonyl (C=O) groups is 1. The number of rotatable bonds is 5. The Morgan fingerprint density at radius 1 is 1.23 bits per heavy atom. The van der Waals surface area contributed by atoms with Crippen molar-refractivity contribution in [2.45, 2.75) is 6.54 Å². The summed E-state index contributed by atoms with van der Waals surface area (Å²) in [5, 5.41) is 9.29. The molecule has 0 saturated heterocycles. The lowest BCUT2D eigenvalue weighted by molar-refractivity contribution is 0.0695. The van der Waals surface area contributed by atoms with Crippen molar-refractivity contribution in [1.82, 2.24) is 4.57 Å². The largest absolute Gasteiger partial charge is 0.496 e. The van der Waals surface area contributed by atoms with Crippen LogP contribution < -0.4 is 10.2 Å². The molecule has 0 aliphatic heterocycles. The van der Waals surface area contributed by atoms with Crippen molar-refractivity contribution < 1.29 is 19.0 Å². The molecule has 1 N–H and O–H groups in total. The van der Waals surface area contributed by atoms with Gasteiger partial charge in [0.25, 0.3) is 0 Å². The van der Waals surface area contributed by atoms with E-state index in [0.29, 0.717) is 5.75 Å². The van der Waals surface area contributed by atoms with Crippen LogP contribution in [0.1, 0.15) is 15.9 Å². The fourth-order valence-corrected chi connectivity index (χ4v) is 2.81. The number of para-hydroxylation sites is 2. The molecule has 3 rings (SSSR count). The first kappa shape index (κ1) is 17.4. The van der Waals surface area contributed by atoms with Crippen LogP contribution in [0, 0.1) is 5.82 Å². The lowest BCUT2D eigenvalue weighted by atomic mass is 10.1. The quantitative estimate of drug-likeness (QED) is 0.761. The molecule has 3 aromatic rings. The van der Waals surface area contributed by atoms with Gasteiger partial charge in [-0.15, -0.1) is 0 Å². The number of fused-ring (bicyclic) bond motifs is 1. The molecule has 0 spiro atoms. The van der Waals surface area contributed by atoms with E-state index in [4.69, 9.17) is 4.74 Å². The summed E-state index contributed by atoms with van der Waals surface area (Å²) in [6.07, 6.45) is 4.71. The molecular weight excluding hydrogens is 337 g/mol. The molecular formula is C20H16FNO4. The highest BCUT2D eigenvalue weighted by molar-refractivity contribution is 5.92. The van der Waals surface area contributed by atoms with E-state index < -0.39 is 22.8 Å². The van der Waals surface area contributed by atoms with Gasteiger partial charge in [-0.05, 0) is 18.2 Å². The minimum absolute atomic E-state index is 0.0376. The number of nitrogens with zero attached hydrogens (tertiary/aromatic N) is 1. The van der Waals surface area contributed by atoms with Gasteiger partial charge in [-0.3, -0.25) is 4.79 Å². The fraction of sp³-hybridized carbons (Fsp3) is 0.100. The number of ether oxygens (including phenoxy) is 1. The minimum Gasteiger partial charge on any atom is -0.496 e. The highest BCUT2D eigenvalue weighted by atomic mass is 19.1. The van der Waals surface area contributed by atoms with E-state index in [1.165, 1.54) is 29.0 Å². The van der Waals surface area contributed by atoms with Crippen LogP contribution in [-0.2, 0) is 6.54 Å². The summed E-state index contributed by atoms with van der Waals surface area (Å²) in [5.41, 5.74) is -0.183. The molecule has 0 amide bonds. The highest BCUT2D eigenvalue weighted by Gasteiger charge is 2.16. The first-order valence-corrected chi connectivity index (χ1v) is 7.87. The minimum atomic E-state index is -1.34. The number of aromatic carboxylic acids is 1. The number of aromatic nitrogens is 1. The smallest absolute Gasteiger partial charge is 0.341 e. The molecule has 0 aliphatic carbocycles. The number of hydrogen-bond donors (Lipinski definition) is 1. The van der Waals surface area contributed by atoms with E-state index in [2.05, 4.69) is 0 Å². The van der Waals surface area contributed by atoms with Gasteiger partial charge < -0.3 is 14.4 Å². The van der Waals surface area contributed by atoms with Crippen molar-refractivity contribution in [1.29, 1.82) is 0 Å². The number of benzene rings is 2. The molecule has 0 aliphatic rings. The van der Waals surface area contributed by atoms with E-state index in [-0.39, 0.29) is 17.4 Å². The molecule has 26 heavy (non-hydrogen) atoms. The first-order chi connectivity index (χ1) is 12.5. The summed E-state index contributed by atoms with van der Waals surface area (Å²) < 4.78 is 21.0. The molecule has 0 bridgehead atoms. The van der Waals surface area contributed by atoms with Crippen molar-refractivity contribution in [3.8, 4) is 5.75 Å². The van der Waals surface area contributed by atoms with Crippen molar-refractivity contribution in [3.63, 3.8) is 0 Å². The van der Waals surface area contributed by atoms with Crippen molar-refractivity contribution in [2.75, 3.05) is 7.11 Å². The summed E-state index contributed by atoms with van der Waals surface area (Å²) >= 11 is 0. The van der Waals surface area contributed by atoms with Gasteiger partial charge in [0.15, 0.2) is 0 Å². The lowest BCUT2D eigenvalue weighted by Crippen LogP contribution is -2.19. The summed E-state index contributed by atoms with van der Waals surface area (Å²) in [6.45, 7) is 0.191. The van der Waals surface area contributed by atoms with Crippen molar-refractivity contribution in [2.24, 2.45) is 0 Å². The Morgan fingerprint density at radius 3 is 2.73 bits per heavy atom. The van der Waals surface area contributed by atoms with E-state index in [1.54, 1.807) is 19.3 Å². The van der Waals surface area contributed by atoms with Crippen molar-refractivity contribution >= 4 is 22.9 Å². The van der Waals surface area contributed by atoms with Gasteiger partial charge in [0, 0.05) is 23.7 Å². The third kappa shape index (κ3) is 3.21. The van der Waals surface area contributed by atoms with Crippen LogP contribution in [0.5, 0.6) is 5.75 Å². The van der Waals surface area contributed by atoms with Crippen LogP contribution in [0.3, 0.4) is 0 Å². The van der Waals surface area contributed by atoms with Crippen molar-refractivity contribution in [3.05, 3.63) is 81.9 Å². The first-order valence-electron chi connectivity index (χ1n) is 7.87. The Morgan fingerprint density at radius 2 is 2.00 bits per heavy atom. The monoisotopic (exact) mass is 353 g/mol. The Bertz CT molecular complexity index is 1070. The molecule has 0 fully saturated rings. The van der Waals surface area contributed by atoms with E-state index in [0.717, 1.165) is 5.56 Å². The second-order valence-corrected chi connectivity index (χ2v) is 5.61. The molecule has 2 aromatic carbocycles. The Kier molecular flexibility index (Phi) is 4.84. The van der Waals surface area contributed by atoms with Crippen LogP contribution in [0.25, 0.3) is 17.0 Å². The second kappa shape index (κ2) is 7.23. The standard InChI is InChI=1S/C20H16FNO4/c1-26-17-10-3-2-6-13(17)7-5-11-22-12-15(20(24)25)19(23)14-8-4-9-16(21)18(14)22/h2-10,12H,11H2,1H3,(H,24,25)/b7-5+. The topological polar surface area (TPSA) is 68.5 Å². The number of carboxylic acid groups (broad SMARTS) is 1. The second-order valence-electron chi connectivity index (χ2n) is 5.61. The Labute approximate surface area is 148 Å². The predicted octanol–water partition coefficient (Wildman–Crippen LogP) is 3.56. The van der Waals surface area contributed by atoms with Crippen LogP contribution >= 0.6 is 0 Å². The number of halogens is 1. The number of pyridine rings is 1. The number of methoxy groups -OCH3 is 1. The van der Waals surface area contributed by atoms with E-state index in [1.807, 2.05) is 24.3 Å². The zero-order chi connectivity index (χ0) is 18.7. The average molecular weight is 353 g/mol. The summed E-state index contributed by atoms with van der Waals surface area (Å²) in [7, 11) is 1.57. The third-order valence-electron chi connectivity index (χ3n) is 4.02. The van der Waals surface area contributed by atoms with Gasteiger partial charge in [0.05, 0.1) is 12.6 Å². The Hall–Kier alpha value is -3.41. The molecule has 1 aromatic heterocycles. The third-order valence-corrected chi connectivity index (χ3v) is 4.02. The average Bonchev–Trinajstić information content (AvgIpc) is 2.64. The summed E-state index contributed by atoms with van der Waals surface area (Å²) in [6, 6.07) is 11.4. The number of allylic oxidation sites excluding steroid dienone is 1. The van der Waals surface area contributed by atoms with Crippen LogP contribution in [-0.4, -0.2) is 22.8 Å². The zero-order valence-corrected chi connectivity index (χ0v) is 14.0. The highest BCUT2D eigenvalue weighted by Crippen LogP contribution is 2.20. The molecule has 5 nitrogen and oxygen atoms in total. The fourth-order valence-electron chi connectivity index (χ4n) is 2.81. The van der Waals surface area contributed by atoms with Gasteiger partial charge in [0.1, 0.15) is 17.1 Å². The number of hydrogen-bond acceptors (Lipinski definition) is 3. The molecule has 0 saturated carbocycles. The maximum Gasteiger partial charge on any atom is 0.341 e. The molecule has 0 atom stereocenters. The Balaban J connectivity index is 2.07. The van der Waals surface area contributed by atoms with Crippen LogP contribution in [0.15, 0.2) is 59.5 Å². The molecule has 6 heteroatoms. The molecule has 132 valence electrons. The van der Waals surface area contributed by atoms with Crippen LogP contribution in [0.2, 0.25) is 0 Å².